The smallest absolute Gasteiger partial charge is 0.0496 e. The van der Waals surface area contributed by atoms with E-state index >= 15 is 0 Å². The highest BCUT2D eigenvalue weighted by atomic mass is 35.5. The van der Waals surface area contributed by atoms with Crippen molar-refractivity contribution >= 4 is 22.5 Å². The molecule has 78 valence electrons. The normalized spacial score (nSPS) is 18.3. The fourth-order valence-corrected chi connectivity index (χ4v) is 2.32. The van der Waals surface area contributed by atoms with Gasteiger partial charge in [-0.25, -0.2) is 0 Å². The lowest BCUT2D eigenvalue weighted by molar-refractivity contribution is 0.741. The number of hydrogen-bond acceptors (Lipinski definition) is 1. The zero-order valence-corrected chi connectivity index (χ0v) is 9.38. The quantitative estimate of drug-likeness (QED) is 0.787. The van der Waals surface area contributed by atoms with E-state index in [-0.39, 0.29) is 5.54 Å². The van der Waals surface area contributed by atoms with Crippen LogP contribution >= 0.6 is 11.6 Å². The van der Waals surface area contributed by atoms with E-state index in [1.807, 2.05) is 19.2 Å². The summed E-state index contributed by atoms with van der Waals surface area (Å²) >= 11 is 5.99. The minimum Gasteiger partial charge on any atom is -0.350 e. The van der Waals surface area contributed by atoms with Crippen LogP contribution in [-0.4, -0.2) is 4.57 Å². The zero-order chi connectivity index (χ0) is 10.6. The lowest BCUT2D eigenvalue weighted by atomic mass is 10.1. The van der Waals surface area contributed by atoms with Gasteiger partial charge in [0.2, 0.25) is 0 Å². The summed E-state index contributed by atoms with van der Waals surface area (Å²) in [6.45, 7) is 0. The number of halogens is 1. The Balaban J connectivity index is 2.33. The summed E-state index contributed by atoms with van der Waals surface area (Å²) in [5.41, 5.74) is 8.59. The van der Waals surface area contributed by atoms with Crippen molar-refractivity contribution in [2.24, 2.45) is 12.8 Å². The van der Waals surface area contributed by atoms with Gasteiger partial charge in [-0.1, -0.05) is 17.7 Å². The number of benzene rings is 1. The molecular weight excluding hydrogens is 208 g/mol. The number of aromatic nitrogens is 1. The van der Waals surface area contributed by atoms with Gasteiger partial charge in [-0.05, 0) is 30.5 Å². The Bertz CT molecular complexity index is 538. The van der Waals surface area contributed by atoms with Gasteiger partial charge in [0.05, 0.1) is 0 Å². The van der Waals surface area contributed by atoms with Crippen molar-refractivity contribution in [3.8, 4) is 0 Å². The maximum atomic E-state index is 6.24. The number of nitrogens with two attached hydrogens (primary N) is 1. The molecule has 1 fully saturated rings. The number of hydrogen-bond donors (Lipinski definition) is 1. The molecule has 1 aromatic carbocycles. The summed E-state index contributed by atoms with van der Waals surface area (Å²) < 4.78 is 2.10. The van der Waals surface area contributed by atoms with Gasteiger partial charge in [0, 0.05) is 34.7 Å². The molecule has 1 heterocycles. The van der Waals surface area contributed by atoms with E-state index in [1.54, 1.807) is 0 Å². The van der Waals surface area contributed by atoms with Crippen LogP contribution in [0, 0.1) is 0 Å². The monoisotopic (exact) mass is 220 g/mol. The predicted octanol–water partition coefficient (Wildman–Crippen LogP) is 2.78. The fourth-order valence-electron chi connectivity index (χ4n) is 2.16. The minimum atomic E-state index is -0.0761. The molecule has 0 bridgehead atoms. The molecule has 2 N–H and O–H groups in total. The topological polar surface area (TPSA) is 30.9 Å². The van der Waals surface area contributed by atoms with Gasteiger partial charge in [-0.3, -0.25) is 0 Å². The highest BCUT2D eigenvalue weighted by Gasteiger charge is 2.41. The Morgan fingerprint density at radius 2 is 2.13 bits per heavy atom. The van der Waals surface area contributed by atoms with Gasteiger partial charge in [0.1, 0.15) is 0 Å². The van der Waals surface area contributed by atoms with Crippen LogP contribution in [0.15, 0.2) is 24.4 Å². The molecule has 2 nitrogen and oxygen atoms in total. The van der Waals surface area contributed by atoms with Gasteiger partial charge in [0.25, 0.3) is 0 Å². The maximum Gasteiger partial charge on any atom is 0.0496 e. The molecular formula is C12H13ClN2. The molecule has 0 amide bonds. The van der Waals surface area contributed by atoms with E-state index in [0.717, 1.165) is 23.4 Å². The second-order valence-electron chi connectivity index (χ2n) is 4.47. The molecule has 0 spiro atoms. The van der Waals surface area contributed by atoms with E-state index in [1.165, 1.54) is 10.9 Å². The van der Waals surface area contributed by atoms with Crippen molar-refractivity contribution in [2.75, 3.05) is 0 Å². The fraction of sp³-hybridized carbons (Fsp3) is 0.333. The molecule has 0 unspecified atom stereocenters. The predicted molar refractivity (Wildman–Crippen MR) is 63.0 cm³/mol. The van der Waals surface area contributed by atoms with Crippen molar-refractivity contribution < 1.29 is 0 Å². The van der Waals surface area contributed by atoms with E-state index < -0.39 is 0 Å². The van der Waals surface area contributed by atoms with Crippen LogP contribution in [0.25, 0.3) is 10.9 Å². The van der Waals surface area contributed by atoms with Gasteiger partial charge >= 0.3 is 0 Å². The van der Waals surface area contributed by atoms with Gasteiger partial charge < -0.3 is 10.3 Å². The lowest BCUT2D eigenvalue weighted by Gasteiger charge is -2.06. The van der Waals surface area contributed by atoms with E-state index in [4.69, 9.17) is 17.3 Å². The summed E-state index contributed by atoms with van der Waals surface area (Å²) in [4.78, 5) is 0. The average Bonchev–Trinajstić information content (AvgIpc) is 2.85. The summed E-state index contributed by atoms with van der Waals surface area (Å²) in [5.74, 6) is 0. The summed E-state index contributed by atoms with van der Waals surface area (Å²) in [6, 6.07) is 5.99. The first kappa shape index (κ1) is 9.25. The molecule has 3 heteroatoms. The standard InChI is InChI=1S/C12H13ClN2/c1-15-7-10(12(14)4-5-12)9-3-2-8(13)6-11(9)15/h2-3,6-7H,4-5,14H2,1H3. The molecule has 1 aliphatic carbocycles. The Kier molecular flexibility index (Phi) is 1.71. The number of nitrogens with zero attached hydrogens (tertiary/aromatic N) is 1. The molecule has 1 aliphatic rings. The van der Waals surface area contributed by atoms with Gasteiger partial charge in [-0.15, -0.1) is 0 Å². The van der Waals surface area contributed by atoms with Crippen LogP contribution in [0.2, 0.25) is 5.02 Å². The van der Waals surface area contributed by atoms with Crippen LogP contribution < -0.4 is 5.73 Å². The van der Waals surface area contributed by atoms with E-state index in [0.29, 0.717) is 0 Å². The highest BCUT2D eigenvalue weighted by molar-refractivity contribution is 6.31. The second kappa shape index (κ2) is 2.77. The van der Waals surface area contributed by atoms with E-state index in [9.17, 15) is 0 Å². The first-order valence-corrected chi connectivity index (χ1v) is 5.52. The maximum absolute atomic E-state index is 6.24. The van der Waals surface area contributed by atoms with Crippen molar-refractivity contribution in [2.45, 2.75) is 18.4 Å². The number of aryl methyl sites for hydroxylation is 1. The Labute approximate surface area is 93.6 Å². The first-order valence-electron chi connectivity index (χ1n) is 5.14. The third-order valence-corrected chi connectivity index (χ3v) is 3.51. The van der Waals surface area contributed by atoms with Crippen molar-refractivity contribution in [1.82, 2.24) is 4.57 Å². The van der Waals surface area contributed by atoms with Gasteiger partial charge in [0.15, 0.2) is 0 Å². The van der Waals surface area contributed by atoms with Crippen LogP contribution in [-0.2, 0) is 12.6 Å². The molecule has 0 saturated heterocycles. The summed E-state index contributed by atoms with van der Waals surface area (Å²) in [7, 11) is 2.04. The molecule has 0 radical (unpaired) electrons. The highest BCUT2D eigenvalue weighted by Crippen LogP contribution is 2.46. The van der Waals surface area contributed by atoms with Crippen LogP contribution in [0.4, 0.5) is 0 Å². The summed E-state index contributed by atoms with van der Waals surface area (Å²) in [6.07, 6.45) is 4.32. The molecule has 2 aromatic rings. The molecule has 0 aliphatic heterocycles. The third kappa shape index (κ3) is 1.29. The first-order chi connectivity index (χ1) is 7.10. The Morgan fingerprint density at radius 1 is 1.40 bits per heavy atom. The minimum absolute atomic E-state index is 0.0761. The van der Waals surface area contributed by atoms with Crippen LogP contribution in [0.1, 0.15) is 18.4 Å². The van der Waals surface area contributed by atoms with Crippen LogP contribution in [0.5, 0.6) is 0 Å². The molecule has 3 rings (SSSR count). The second-order valence-corrected chi connectivity index (χ2v) is 4.91. The molecule has 1 aromatic heterocycles. The zero-order valence-electron chi connectivity index (χ0n) is 8.63. The average molecular weight is 221 g/mol. The van der Waals surface area contributed by atoms with E-state index in [2.05, 4.69) is 16.8 Å². The lowest BCUT2D eigenvalue weighted by Crippen LogP contribution is -2.18. The molecule has 15 heavy (non-hydrogen) atoms. The molecule has 1 saturated carbocycles. The summed E-state index contributed by atoms with van der Waals surface area (Å²) in [5, 5.41) is 2.01. The van der Waals surface area contributed by atoms with Crippen molar-refractivity contribution in [3.63, 3.8) is 0 Å². The largest absolute Gasteiger partial charge is 0.350 e. The third-order valence-electron chi connectivity index (χ3n) is 3.28. The Morgan fingerprint density at radius 3 is 2.80 bits per heavy atom. The van der Waals surface area contributed by atoms with Crippen molar-refractivity contribution in [3.05, 3.63) is 35.0 Å². The van der Waals surface area contributed by atoms with Crippen molar-refractivity contribution in [1.29, 1.82) is 0 Å². The van der Waals surface area contributed by atoms with Gasteiger partial charge in [-0.2, -0.15) is 0 Å². The van der Waals surface area contributed by atoms with Crippen LogP contribution in [0.3, 0.4) is 0 Å². The number of rotatable bonds is 1. The number of fused-ring (bicyclic) bond motifs is 1. The molecule has 0 atom stereocenters. The SMILES string of the molecule is Cn1cc(C2(N)CC2)c2ccc(Cl)cc21. The Hall–Kier alpha value is -0.990.